The second-order valence-electron chi connectivity index (χ2n) is 6.87. The predicted molar refractivity (Wildman–Crippen MR) is 113 cm³/mol. The highest BCUT2D eigenvalue weighted by atomic mass is 35.5. The van der Waals surface area contributed by atoms with E-state index in [-0.39, 0.29) is 33.0 Å². The molecule has 3 rings (SSSR count). The van der Waals surface area contributed by atoms with E-state index in [4.69, 9.17) is 33.0 Å². The number of halogens is 2. The van der Waals surface area contributed by atoms with E-state index in [1.807, 2.05) is 18.8 Å². The Morgan fingerprint density at radius 2 is 1.77 bits per heavy atom. The predicted octanol–water partition coefficient (Wildman–Crippen LogP) is 2.54. The highest BCUT2D eigenvalue weighted by molar-refractivity contribution is 6.37. The Kier molecular flexibility index (Phi) is 6.05. The van der Waals surface area contributed by atoms with Crippen LogP contribution in [0, 0.1) is 0 Å². The van der Waals surface area contributed by atoms with Gasteiger partial charge in [0.15, 0.2) is 5.75 Å². The van der Waals surface area contributed by atoms with Gasteiger partial charge in [-0.1, -0.05) is 37.0 Å². The van der Waals surface area contributed by atoms with Crippen LogP contribution in [-0.4, -0.2) is 30.4 Å². The largest absolute Gasteiger partial charge is 0.476 e. The molecule has 0 amide bonds. The van der Waals surface area contributed by atoms with Crippen molar-refractivity contribution >= 4 is 29.2 Å². The summed E-state index contributed by atoms with van der Waals surface area (Å²) in [6, 6.07) is 4.12. The maximum Gasteiger partial charge on any atom is 0.362 e. The van der Waals surface area contributed by atoms with Crippen molar-refractivity contribution in [2.45, 2.75) is 19.8 Å². The molecule has 0 aliphatic heterocycles. The van der Waals surface area contributed by atoms with E-state index < -0.39 is 22.9 Å². The molecule has 0 spiro atoms. The number of aryl methyl sites for hydroxylation is 1. The van der Waals surface area contributed by atoms with Gasteiger partial charge >= 0.3 is 11.7 Å². The van der Waals surface area contributed by atoms with Crippen molar-refractivity contribution in [3.05, 3.63) is 76.9 Å². The van der Waals surface area contributed by atoms with Crippen LogP contribution in [-0.2, 0) is 7.05 Å². The number of H-pyrrole nitrogens is 1. The molecule has 12 heteroatoms. The molecule has 0 radical (unpaired) electrons. The first-order valence-electron chi connectivity index (χ1n) is 8.84. The van der Waals surface area contributed by atoms with Crippen molar-refractivity contribution in [2.24, 2.45) is 7.05 Å². The molecule has 0 aliphatic carbocycles. The number of aromatic carboxylic acids is 1. The van der Waals surface area contributed by atoms with Gasteiger partial charge in [-0.25, -0.2) is 9.59 Å². The molecule has 0 unspecified atom stereocenters. The van der Waals surface area contributed by atoms with Crippen LogP contribution in [0.3, 0.4) is 0 Å². The summed E-state index contributed by atoms with van der Waals surface area (Å²) in [7, 11) is 1.59. The van der Waals surface area contributed by atoms with Crippen molar-refractivity contribution in [1.29, 1.82) is 0 Å². The second-order valence-corrected chi connectivity index (χ2v) is 7.68. The number of benzene rings is 1. The molecule has 0 atom stereocenters. The Balaban J connectivity index is 2.08. The number of pyridine rings is 1. The third kappa shape index (κ3) is 4.39. The van der Waals surface area contributed by atoms with Crippen molar-refractivity contribution in [3.8, 4) is 17.2 Å². The zero-order valence-electron chi connectivity index (χ0n) is 16.5. The Bertz CT molecular complexity index is 1350. The number of aromatic amines is 1. The SMILES string of the molecule is CC(C)c1cc(Oc2c(Cl)cc(-n3nc(C(=O)O)c(=O)[nH]c3=O)cc2Cl)cn(C)c1=O. The van der Waals surface area contributed by atoms with E-state index in [1.165, 1.54) is 22.9 Å². The minimum absolute atomic E-state index is 0.00873. The number of carboxylic acid groups (broad SMARTS) is 1. The lowest BCUT2D eigenvalue weighted by atomic mass is 10.1. The van der Waals surface area contributed by atoms with Crippen LogP contribution >= 0.6 is 23.2 Å². The van der Waals surface area contributed by atoms with Crippen LogP contribution in [0.15, 0.2) is 38.8 Å². The van der Waals surface area contributed by atoms with E-state index in [0.29, 0.717) is 16.0 Å². The molecule has 0 aliphatic rings. The third-order valence-electron chi connectivity index (χ3n) is 4.29. The van der Waals surface area contributed by atoms with Gasteiger partial charge in [0.1, 0.15) is 5.75 Å². The molecule has 31 heavy (non-hydrogen) atoms. The molecule has 2 aromatic heterocycles. The Hall–Kier alpha value is -3.37. The van der Waals surface area contributed by atoms with Gasteiger partial charge in [0, 0.05) is 18.8 Å². The fraction of sp³-hybridized carbons (Fsp3) is 0.211. The molecule has 10 nitrogen and oxygen atoms in total. The van der Waals surface area contributed by atoms with E-state index in [0.717, 1.165) is 0 Å². The summed E-state index contributed by atoms with van der Waals surface area (Å²) < 4.78 is 7.81. The Morgan fingerprint density at radius 1 is 1.16 bits per heavy atom. The number of carboxylic acids is 1. The monoisotopic (exact) mass is 466 g/mol. The van der Waals surface area contributed by atoms with Gasteiger partial charge in [-0.3, -0.25) is 14.6 Å². The first-order chi connectivity index (χ1) is 14.5. The number of hydrogen-bond donors (Lipinski definition) is 2. The highest BCUT2D eigenvalue weighted by Gasteiger charge is 2.18. The summed E-state index contributed by atoms with van der Waals surface area (Å²) in [5.41, 5.74) is -2.60. The summed E-state index contributed by atoms with van der Waals surface area (Å²) in [4.78, 5) is 48.9. The molecular weight excluding hydrogens is 451 g/mol. The quantitative estimate of drug-likeness (QED) is 0.589. The number of aromatic nitrogens is 4. The van der Waals surface area contributed by atoms with E-state index in [9.17, 15) is 19.2 Å². The number of nitrogens with one attached hydrogen (secondary N) is 1. The number of carbonyl (C=O) groups is 1. The van der Waals surface area contributed by atoms with Crippen LogP contribution < -0.4 is 21.5 Å². The van der Waals surface area contributed by atoms with E-state index in [2.05, 4.69) is 5.10 Å². The molecule has 0 bridgehead atoms. The molecule has 2 heterocycles. The topological polar surface area (TPSA) is 136 Å². The van der Waals surface area contributed by atoms with Gasteiger partial charge in [-0.15, -0.1) is 0 Å². The molecule has 1 aromatic carbocycles. The fourth-order valence-corrected chi connectivity index (χ4v) is 3.33. The van der Waals surface area contributed by atoms with Crippen molar-refractivity contribution in [2.75, 3.05) is 0 Å². The van der Waals surface area contributed by atoms with E-state index >= 15 is 0 Å². The van der Waals surface area contributed by atoms with Gasteiger partial charge in [0.05, 0.1) is 15.7 Å². The van der Waals surface area contributed by atoms with Crippen LogP contribution in [0.25, 0.3) is 5.69 Å². The minimum Gasteiger partial charge on any atom is -0.476 e. The molecule has 3 aromatic rings. The van der Waals surface area contributed by atoms with Crippen LogP contribution in [0.5, 0.6) is 11.5 Å². The number of rotatable bonds is 5. The van der Waals surface area contributed by atoms with Gasteiger partial charge < -0.3 is 14.4 Å². The standard InChI is InChI=1S/C19H16Cl2N4O6/c1-8(2)11-6-10(7-24(3)17(11)27)31-15-12(20)4-9(5-13(15)21)25-19(30)22-16(26)14(23-25)18(28)29/h4-8H,1-3H3,(H,28,29)(H,22,26,30). The summed E-state index contributed by atoms with van der Waals surface area (Å²) >= 11 is 12.6. The van der Waals surface area contributed by atoms with Gasteiger partial charge in [-0.05, 0) is 24.1 Å². The maximum atomic E-state index is 12.2. The summed E-state index contributed by atoms with van der Waals surface area (Å²) in [5.74, 6) is -1.29. The minimum atomic E-state index is -1.61. The molecule has 2 N–H and O–H groups in total. The average Bonchev–Trinajstić information content (AvgIpc) is 2.66. The molecular formula is C19H16Cl2N4O6. The second kappa shape index (κ2) is 8.40. The third-order valence-corrected chi connectivity index (χ3v) is 4.85. The lowest BCUT2D eigenvalue weighted by Gasteiger charge is -2.14. The number of hydrogen-bond acceptors (Lipinski definition) is 6. The maximum absolute atomic E-state index is 12.2. The lowest BCUT2D eigenvalue weighted by Crippen LogP contribution is -2.35. The van der Waals surface area contributed by atoms with Gasteiger partial charge in [0.2, 0.25) is 5.69 Å². The molecule has 162 valence electrons. The van der Waals surface area contributed by atoms with E-state index in [1.54, 1.807) is 13.1 Å². The first kappa shape index (κ1) is 22.3. The Morgan fingerprint density at radius 3 is 2.32 bits per heavy atom. The lowest BCUT2D eigenvalue weighted by molar-refractivity contribution is 0.0685. The normalized spacial score (nSPS) is 11.0. The molecule has 0 fully saturated rings. The Labute approximate surface area is 184 Å². The highest BCUT2D eigenvalue weighted by Crippen LogP contribution is 2.38. The zero-order chi connectivity index (χ0) is 23.0. The van der Waals surface area contributed by atoms with Gasteiger partial charge in [0.25, 0.3) is 11.1 Å². The van der Waals surface area contributed by atoms with Crippen LogP contribution in [0.2, 0.25) is 10.0 Å². The number of ether oxygens (including phenoxy) is 1. The molecule has 0 saturated heterocycles. The van der Waals surface area contributed by atoms with Gasteiger partial charge in [-0.2, -0.15) is 9.78 Å². The number of nitrogens with zero attached hydrogens (tertiary/aromatic N) is 3. The van der Waals surface area contributed by atoms with Crippen molar-refractivity contribution < 1.29 is 14.6 Å². The summed E-state index contributed by atoms with van der Waals surface area (Å²) in [6.07, 6.45) is 1.47. The van der Waals surface area contributed by atoms with Crippen molar-refractivity contribution in [1.82, 2.24) is 19.3 Å². The van der Waals surface area contributed by atoms with Crippen molar-refractivity contribution in [3.63, 3.8) is 0 Å². The fourth-order valence-electron chi connectivity index (χ4n) is 2.77. The molecule has 0 saturated carbocycles. The summed E-state index contributed by atoms with van der Waals surface area (Å²) in [5, 5.41) is 12.6. The van der Waals surface area contributed by atoms with Crippen LogP contribution in [0.1, 0.15) is 35.8 Å². The average molecular weight is 467 g/mol. The van der Waals surface area contributed by atoms with Crippen LogP contribution in [0.4, 0.5) is 0 Å². The summed E-state index contributed by atoms with van der Waals surface area (Å²) in [6.45, 7) is 3.74. The smallest absolute Gasteiger partial charge is 0.362 e. The zero-order valence-corrected chi connectivity index (χ0v) is 18.0. The first-order valence-corrected chi connectivity index (χ1v) is 9.60.